The lowest BCUT2D eigenvalue weighted by Gasteiger charge is -2.10. The molecule has 0 nitrogen and oxygen atoms in total. The fourth-order valence-corrected chi connectivity index (χ4v) is 1.11. The molecule has 0 N–H and O–H groups in total. The largest absolute Gasteiger partial charge is 0.265 e. The van der Waals surface area contributed by atoms with Gasteiger partial charge >= 0.3 is 0 Å². The first-order chi connectivity index (χ1) is 5.11. The first kappa shape index (κ1) is 8.65. The minimum absolute atomic E-state index is 0.0707. The van der Waals surface area contributed by atoms with Crippen LogP contribution in [0.5, 0.6) is 0 Å². The fraction of sp³-hybridized carbons (Fsp3) is 0.429. The number of allylic oxidation sites excluding steroid dienone is 4. The first-order valence-corrected chi connectivity index (χ1v) is 3.52. The molecule has 0 fully saturated rings. The van der Waals surface area contributed by atoms with Crippen molar-refractivity contribution in [2.45, 2.75) is 19.3 Å². The van der Waals surface area contributed by atoms with Gasteiger partial charge in [-0.2, -0.15) is 0 Å². The van der Waals surface area contributed by atoms with E-state index in [0.717, 1.165) is 6.08 Å². The van der Waals surface area contributed by atoms with Gasteiger partial charge in [0.25, 0.3) is 6.43 Å². The van der Waals surface area contributed by atoms with Crippen LogP contribution in [0.3, 0.4) is 0 Å². The predicted octanol–water partition coefficient (Wildman–Crippen LogP) is 3.39. The predicted molar refractivity (Wildman–Crippen MR) is 37.3 cm³/mol. The molecular weight excluding hydrogens is 177 g/mol. The van der Waals surface area contributed by atoms with Crippen LogP contribution in [0, 0.1) is 0 Å². The monoisotopic (exact) mass is 182 g/mol. The molecule has 1 aliphatic rings. The van der Waals surface area contributed by atoms with Gasteiger partial charge in [-0.15, -0.1) is 0 Å². The Morgan fingerprint density at radius 1 is 1.36 bits per heavy atom. The molecule has 11 heavy (non-hydrogen) atoms. The Morgan fingerprint density at radius 3 is 2.45 bits per heavy atom. The molecule has 0 amide bonds. The van der Waals surface area contributed by atoms with E-state index in [-0.39, 0.29) is 23.4 Å². The molecule has 0 saturated heterocycles. The summed E-state index contributed by atoms with van der Waals surface area (Å²) in [6.45, 7) is 0. The minimum Gasteiger partial charge on any atom is -0.212 e. The summed E-state index contributed by atoms with van der Waals surface area (Å²) in [6.07, 6.45) is -1.54. The van der Waals surface area contributed by atoms with Gasteiger partial charge in [-0.05, 0) is 12.5 Å². The molecule has 1 rings (SSSR count). The van der Waals surface area contributed by atoms with E-state index in [1.165, 1.54) is 0 Å². The molecule has 0 saturated carbocycles. The van der Waals surface area contributed by atoms with Crippen LogP contribution in [-0.4, -0.2) is 6.43 Å². The lowest BCUT2D eigenvalue weighted by molar-refractivity contribution is 0.192. The topological polar surface area (TPSA) is 0 Å². The number of halogens is 4. The summed E-state index contributed by atoms with van der Waals surface area (Å²) in [5, 5.41) is 0.0707. The third-order valence-corrected chi connectivity index (χ3v) is 1.85. The number of hydrogen-bond acceptors (Lipinski definition) is 0. The Morgan fingerprint density at radius 2 is 2.00 bits per heavy atom. The van der Waals surface area contributed by atoms with Gasteiger partial charge in [0.05, 0.1) is 0 Å². The Bertz CT molecular complexity index is 218. The molecule has 0 spiro atoms. The summed E-state index contributed by atoms with van der Waals surface area (Å²) in [7, 11) is 0. The van der Waals surface area contributed by atoms with E-state index < -0.39 is 12.3 Å². The van der Waals surface area contributed by atoms with Crippen LogP contribution >= 0.6 is 11.6 Å². The molecule has 0 bridgehead atoms. The smallest absolute Gasteiger partial charge is 0.212 e. The molecule has 0 aliphatic heterocycles. The van der Waals surface area contributed by atoms with Gasteiger partial charge in [0, 0.05) is 17.0 Å². The zero-order valence-electron chi connectivity index (χ0n) is 5.58. The molecule has 0 unspecified atom stereocenters. The van der Waals surface area contributed by atoms with Crippen LogP contribution in [0.1, 0.15) is 12.8 Å². The number of rotatable bonds is 1. The molecule has 0 aromatic heterocycles. The Balaban J connectivity index is 2.89. The van der Waals surface area contributed by atoms with Crippen molar-refractivity contribution < 1.29 is 13.2 Å². The van der Waals surface area contributed by atoms with Crippen LogP contribution in [0.4, 0.5) is 13.2 Å². The zero-order valence-corrected chi connectivity index (χ0v) is 6.34. The summed E-state index contributed by atoms with van der Waals surface area (Å²) < 4.78 is 36.4. The first-order valence-electron chi connectivity index (χ1n) is 3.14. The van der Waals surface area contributed by atoms with E-state index in [1.807, 2.05) is 0 Å². The van der Waals surface area contributed by atoms with Gasteiger partial charge in [0.1, 0.15) is 5.83 Å². The highest BCUT2D eigenvalue weighted by Crippen LogP contribution is 2.30. The molecule has 0 radical (unpaired) electrons. The van der Waals surface area contributed by atoms with Gasteiger partial charge in [-0.1, -0.05) is 11.6 Å². The average molecular weight is 183 g/mol. The van der Waals surface area contributed by atoms with Crippen molar-refractivity contribution in [3.05, 3.63) is 22.5 Å². The molecule has 0 aromatic carbocycles. The molecule has 0 heterocycles. The molecule has 0 aromatic rings. The molecule has 1 aliphatic carbocycles. The molecule has 0 atom stereocenters. The minimum atomic E-state index is -2.67. The third kappa shape index (κ3) is 1.99. The van der Waals surface area contributed by atoms with Gasteiger partial charge in [-0.25, -0.2) is 13.2 Å². The maximum Gasteiger partial charge on any atom is 0.265 e. The van der Waals surface area contributed by atoms with E-state index in [4.69, 9.17) is 11.6 Å². The third-order valence-electron chi connectivity index (χ3n) is 1.44. The summed E-state index contributed by atoms with van der Waals surface area (Å²) in [5.41, 5.74) is -0.379. The maximum absolute atomic E-state index is 12.4. The van der Waals surface area contributed by atoms with Crippen molar-refractivity contribution in [3.8, 4) is 0 Å². The zero-order chi connectivity index (χ0) is 8.43. The van der Waals surface area contributed by atoms with Crippen LogP contribution < -0.4 is 0 Å². The highest BCUT2D eigenvalue weighted by Gasteiger charge is 2.18. The van der Waals surface area contributed by atoms with E-state index in [1.54, 1.807) is 0 Å². The Labute approximate surface area is 67.3 Å². The van der Waals surface area contributed by atoms with E-state index in [2.05, 4.69) is 0 Å². The second-order valence-corrected chi connectivity index (χ2v) is 2.71. The molecular formula is C7H6ClF3. The molecule has 62 valence electrons. The Kier molecular flexibility index (Phi) is 2.60. The lowest BCUT2D eigenvalue weighted by Crippen LogP contribution is -2.01. The average Bonchev–Trinajstić information content (AvgIpc) is 1.94. The second kappa shape index (κ2) is 3.30. The van der Waals surface area contributed by atoms with Gasteiger partial charge in [-0.3, -0.25) is 0 Å². The Hall–Kier alpha value is -0.440. The van der Waals surface area contributed by atoms with Crippen molar-refractivity contribution in [2.75, 3.05) is 0 Å². The van der Waals surface area contributed by atoms with Crippen molar-refractivity contribution in [1.29, 1.82) is 0 Å². The van der Waals surface area contributed by atoms with Crippen molar-refractivity contribution in [1.82, 2.24) is 0 Å². The van der Waals surface area contributed by atoms with Gasteiger partial charge in [0.2, 0.25) is 0 Å². The quantitative estimate of drug-likeness (QED) is 0.583. The van der Waals surface area contributed by atoms with Crippen molar-refractivity contribution in [2.24, 2.45) is 0 Å². The standard InChI is InChI=1S/C7H6ClF3/c8-6-2-1-4(9)3-5(6)7(10)11/h3,7H,1-2H2. The number of hydrogen-bond donors (Lipinski definition) is 0. The summed E-state index contributed by atoms with van der Waals surface area (Å²) in [6, 6.07) is 0. The van der Waals surface area contributed by atoms with Crippen LogP contribution in [0.2, 0.25) is 0 Å². The van der Waals surface area contributed by atoms with Gasteiger partial charge < -0.3 is 0 Å². The van der Waals surface area contributed by atoms with Crippen molar-refractivity contribution in [3.63, 3.8) is 0 Å². The van der Waals surface area contributed by atoms with Crippen molar-refractivity contribution >= 4 is 11.6 Å². The summed E-state index contributed by atoms with van der Waals surface area (Å²) in [4.78, 5) is 0. The highest BCUT2D eigenvalue weighted by molar-refractivity contribution is 6.30. The highest BCUT2D eigenvalue weighted by atomic mass is 35.5. The SMILES string of the molecule is FC1=CC(C(F)F)=C(Cl)CC1. The van der Waals surface area contributed by atoms with Crippen LogP contribution in [-0.2, 0) is 0 Å². The van der Waals surface area contributed by atoms with Gasteiger partial charge in [0.15, 0.2) is 0 Å². The lowest BCUT2D eigenvalue weighted by atomic mass is 10.1. The van der Waals surface area contributed by atoms with E-state index >= 15 is 0 Å². The van der Waals surface area contributed by atoms with Crippen LogP contribution in [0.15, 0.2) is 22.5 Å². The van der Waals surface area contributed by atoms with E-state index in [0.29, 0.717) is 0 Å². The second-order valence-electron chi connectivity index (χ2n) is 2.25. The molecule has 4 heteroatoms. The normalized spacial score (nSPS) is 19.2. The number of alkyl halides is 2. The van der Waals surface area contributed by atoms with E-state index in [9.17, 15) is 13.2 Å². The summed E-state index contributed by atoms with van der Waals surface area (Å²) in [5.74, 6) is -0.523. The maximum atomic E-state index is 12.4. The van der Waals surface area contributed by atoms with Crippen LogP contribution in [0.25, 0.3) is 0 Å². The fourth-order valence-electron chi connectivity index (χ4n) is 0.874. The summed E-state index contributed by atoms with van der Waals surface area (Å²) >= 11 is 5.43.